The number of hydrogen-bond donors (Lipinski definition) is 0. The van der Waals surface area contributed by atoms with Crippen molar-refractivity contribution in [2.24, 2.45) is 0 Å². The van der Waals surface area contributed by atoms with Crippen LogP contribution in [0.5, 0.6) is 0 Å². The Bertz CT molecular complexity index is 498. The van der Waals surface area contributed by atoms with E-state index in [0.717, 1.165) is 6.07 Å². The van der Waals surface area contributed by atoms with Gasteiger partial charge in [-0.1, -0.05) is 11.6 Å². The van der Waals surface area contributed by atoms with Crippen LogP contribution in [0.15, 0.2) is 29.1 Å². The van der Waals surface area contributed by atoms with Gasteiger partial charge in [-0.2, -0.15) is 0 Å². The molecule has 2 aromatic rings. The van der Waals surface area contributed by atoms with Crippen molar-refractivity contribution in [3.63, 3.8) is 0 Å². The van der Waals surface area contributed by atoms with Gasteiger partial charge in [0.1, 0.15) is 11.5 Å². The van der Waals surface area contributed by atoms with Crippen molar-refractivity contribution in [2.45, 2.75) is 0 Å². The maximum absolute atomic E-state index is 12.7. The SMILES string of the molecule is O=C(c1cscn1)c1ccc(F)cc1Cl. The maximum atomic E-state index is 12.7. The first-order valence-corrected chi connectivity index (χ1v) is 5.38. The molecular weight excluding hydrogens is 237 g/mol. The molecule has 0 amide bonds. The van der Waals surface area contributed by atoms with Crippen LogP contribution in [-0.4, -0.2) is 10.8 Å². The molecule has 0 unspecified atom stereocenters. The normalized spacial score (nSPS) is 10.3. The molecule has 0 radical (unpaired) electrons. The van der Waals surface area contributed by atoms with Gasteiger partial charge >= 0.3 is 0 Å². The quantitative estimate of drug-likeness (QED) is 0.756. The van der Waals surface area contributed by atoms with Gasteiger partial charge in [0, 0.05) is 10.9 Å². The number of nitrogens with zero attached hydrogens (tertiary/aromatic N) is 1. The van der Waals surface area contributed by atoms with E-state index in [1.165, 1.54) is 23.5 Å². The molecule has 2 nitrogen and oxygen atoms in total. The van der Waals surface area contributed by atoms with E-state index in [-0.39, 0.29) is 16.4 Å². The first-order chi connectivity index (χ1) is 7.18. The average molecular weight is 242 g/mol. The fourth-order valence-electron chi connectivity index (χ4n) is 1.14. The molecule has 0 aliphatic carbocycles. The minimum absolute atomic E-state index is 0.105. The van der Waals surface area contributed by atoms with E-state index >= 15 is 0 Å². The van der Waals surface area contributed by atoms with Gasteiger partial charge in [-0.3, -0.25) is 4.79 Å². The molecule has 1 aromatic heterocycles. The lowest BCUT2D eigenvalue weighted by molar-refractivity contribution is 0.103. The topological polar surface area (TPSA) is 30.0 Å². The molecule has 0 aliphatic heterocycles. The predicted octanol–water partition coefficient (Wildman–Crippen LogP) is 3.17. The number of rotatable bonds is 2. The maximum Gasteiger partial charge on any atom is 0.213 e. The van der Waals surface area contributed by atoms with E-state index in [2.05, 4.69) is 4.98 Å². The second kappa shape index (κ2) is 4.08. The van der Waals surface area contributed by atoms with Crippen molar-refractivity contribution in [3.8, 4) is 0 Å². The van der Waals surface area contributed by atoms with Gasteiger partial charge in [0.25, 0.3) is 0 Å². The molecule has 1 heterocycles. The fraction of sp³-hybridized carbons (Fsp3) is 0. The number of ketones is 1. The molecule has 5 heteroatoms. The molecule has 15 heavy (non-hydrogen) atoms. The Balaban J connectivity index is 2.42. The zero-order chi connectivity index (χ0) is 10.8. The number of aromatic nitrogens is 1. The van der Waals surface area contributed by atoms with Crippen molar-refractivity contribution < 1.29 is 9.18 Å². The average Bonchev–Trinajstić information content (AvgIpc) is 2.69. The molecule has 0 fully saturated rings. The number of halogens is 2. The van der Waals surface area contributed by atoms with Gasteiger partial charge in [-0.25, -0.2) is 9.37 Å². The van der Waals surface area contributed by atoms with Crippen molar-refractivity contribution in [3.05, 3.63) is 51.2 Å². The number of benzene rings is 1. The Morgan fingerprint density at radius 3 is 2.87 bits per heavy atom. The van der Waals surface area contributed by atoms with E-state index < -0.39 is 5.82 Å². The van der Waals surface area contributed by atoms with Crippen LogP contribution >= 0.6 is 22.9 Å². The van der Waals surface area contributed by atoms with Crippen molar-refractivity contribution in [1.29, 1.82) is 0 Å². The van der Waals surface area contributed by atoms with E-state index in [9.17, 15) is 9.18 Å². The van der Waals surface area contributed by atoms with Crippen LogP contribution in [0.1, 0.15) is 16.1 Å². The van der Waals surface area contributed by atoms with Gasteiger partial charge in [-0.15, -0.1) is 11.3 Å². The smallest absolute Gasteiger partial charge is 0.213 e. The highest BCUT2D eigenvalue weighted by molar-refractivity contribution is 7.07. The zero-order valence-electron chi connectivity index (χ0n) is 7.41. The third-order valence-electron chi connectivity index (χ3n) is 1.84. The van der Waals surface area contributed by atoms with Crippen LogP contribution in [0, 0.1) is 5.82 Å². The molecule has 76 valence electrons. The van der Waals surface area contributed by atoms with Gasteiger partial charge in [-0.05, 0) is 18.2 Å². The molecular formula is C10H5ClFNOS. The van der Waals surface area contributed by atoms with Gasteiger partial charge < -0.3 is 0 Å². The summed E-state index contributed by atoms with van der Waals surface area (Å²) in [4.78, 5) is 15.6. The van der Waals surface area contributed by atoms with Crippen LogP contribution in [0.4, 0.5) is 4.39 Å². The summed E-state index contributed by atoms with van der Waals surface area (Å²) in [5.74, 6) is -0.754. The van der Waals surface area contributed by atoms with Crippen LogP contribution in [-0.2, 0) is 0 Å². The zero-order valence-corrected chi connectivity index (χ0v) is 8.98. The van der Waals surface area contributed by atoms with Gasteiger partial charge in [0.15, 0.2) is 0 Å². The third-order valence-corrected chi connectivity index (χ3v) is 2.74. The second-order valence-electron chi connectivity index (χ2n) is 2.83. The highest BCUT2D eigenvalue weighted by atomic mass is 35.5. The molecule has 0 N–H and O–H groups in total. The summed E-state index contributed by atoms with van der Waals surface area (Å²) in [6.45, 7) is 0. The fourth-order valence-corrected chi connectivity index (χ4v) is 1.92. The Morgan fingerprint density at radius 2 is 2.27 bits per heavy atom. The monoisotopic (exact) mass is 241 g/mol. The third kappa shape index (κ3) is 2.06. The molecule has 0 saturated heterocycles. The Morgan fingerprint density at radius 1 is 1.47 bits per heavy atom. The standard InChI is InChI=1S/C10H5ClFNOS/c11-8-3-6(12)1-2-7(8)10(14)9-4-15-5-13-9/h1-5H. The first kappa shape index (κ1) is 10.3. The Hall–Kier alpha value is -1.26. The summed E-state index contributed by atoms with van der Waals surface area (Å²) in [6.07, 6.45) is 0. The number of carbonyl (C=O) groups excluding carboxylic acids is 1. The molecule has 0 atom stereocenters. The molecule has 0 spiro atoms. The van der Waals surface area contributed by atoms with Crippen molar-refractivity contribution in [2.75, 3.05) is 0 Å². The number of carbonyl (C=O) groups is 1. The lowest BCUT2D eigenvalue weighted by Gasteiger charge is -2.00. The molecule has 0 saturated carbocycles. The summed E-state index contributed by atoms with van der Waals surface area (Å²) >= 11 is 7.08. The second-order valence-corrected chi connectivity index (χ2v) is 3.95. The summed E-state index contributed by atoms with van der Waals surface area (Å²) in [7, 11) is 0. The van der Waals surface area contributed by atoms with Gasteiger partial charge in [0.2, 0.25) is 5.78 Å². The largest absolute Gasteiger partial charge is 0.287 e. The van der Waals surface area contributed by atoms with E-state index in [0.29, 0.717) is 5.69 Å². The molecule has 0 bridgehead atoms. The summed E-state index contributed by atoms with van der Waals surface area (Å²) < 4.78 is 12.7. The minimum Gasteiger partial charge on any atom is -0.287 e. The Labute approximate surface area is 94.3 Å². The van der Waals surface area contributed by atoms with Crippen molar-refractivity contribution in [1.82, 2.24) is 4.98 Å². The summed E-state index contributed by atoms with van der Waals surface area (Å²) in [6, 6.07) is 3.67. The van der Waals surface area contributed by atoms with E-state index in [4.69, 9.17) is 11.6 Å². The van der Waals surface area contributed by atoms with Crippen molar-refractivity contribution >= 4 is 28.7 Å². The summed E-state index contributed by atoms with van der Waals surface area (Å²) in [5.41, 5.74) is 2.16. The van der Waals surface area contributed by atoms with Crippen LogP contribution < -0.4 is 0 Å². The van der Waals surface area contributed by atoms with Crippen LogP contribution in [0.3, 0.4) is 0 Å². The van der Waals surface area contributed by atoms with Gasteiger partial charge in [0.05, 0.1) is 10.5 Å². The highest BCUT2D eigenvalue weighted by Crippen LogP contribution is 2.20. The number of hydrogen-bond acceptors (Lipinski definition) is 3. The Kier molecular flexibility index (Phi) is 2.79. The lowest BCUT2D eigenvalue weighted by atomic mass is 10.1. The lowest BCUT2D eigenvalue weighted by Crippen LogP contribution is -2.02. The molecule has 2 rings (SSSR count). The number of thiazole rings is 1. The van der Waals surface area contributed by atoms with E-state index in [1.54, 1.807) is 10.9 Å². The molecule has 0 aliphatic rings. The van der Waals surface area contributed by atoms with Crippen LogP contribution in [0.25, 0.3) is 0 Å². The predicted molar refractivity (Wildman–Crippen MR) is 57.0 cm³/mol. The summed E-state index contributed by atoms with van der Waals surface area (Å²) in [5, 5.41) is 1.73. The van der Waals surface area contributed by atoms with E-state index in [1.807, 2.05) is 0 Å². The first-order valence-electron chi connectivity index (χ1n) is 4.06. The highest BCUT2D eigenvalue weighted by Gasteiger charge is 2.14. The molecule has 1 aromatic carbocycles. The van der Waals surface area contributed by atoms with Crippen LogP contribution in [0.2, 0.25) is 5.02 Å². The minimum atomic E-state index is -0.463.